The number of carbonyl (C=O) groups is 2. The number of benzene rings is 2. The number of ether oxygens (including phenoxy) is 2. The third-order valence-corrected chi connectivity index (χ3v) is 4.81. The number of Topliss-reactive ketones (excluding diaryl/α,β-unsaturated/α-hetero) is 1. The van der Waals surface area contributed by atoms with Gasteiger partial charge >= 0.3 is 0 Å². The van der Waals surface area contributed by atoms with Crippen LogP contribution in [0.25, 0.3) is 0 Å². The van der Waals surface area contributed by atoms with Crippen LogP contribution in [0.2, 0.25) is 0 Å². The van der Waals surface area contributed by atoms with Crippen molar-refractivity contribution < 1.29 is 23.5 Å². The molecule has 0 spiro atoms. The van der Waals surface area contributed by atoms with Crippen LogP contribution in [0.5, 0.6) is 11.5 Å². The first-order chi connectivity index (χ1) is 13.1. The Morgan fingerprint density at radius 3 is 2.30 bits per heavy atom. The molecule has 0 atom stereocenters. The van der Waals surface area contributed by atoms with Crippen LogP contribution in [0, 0.1) is 5.82 Å². The number of carbonyl (C=O) groups excluding carboxylic acids is 2. The van der Waals surface area contributed by atoms with Crippen LogP contribution in [0.15, 0.2) is 42.5 Å². The molecule has 6 nitrogen and oxygen atoms in total. The predicted molar refractivity (Wildman–Crippen MR) is 95.6 cm³/mol. The monoisotopic (exact) mass is 370 g/mol. The molecule has 140 valence electrons. The molecule has 2 aromatic rings. The van der Waals surface area contributed by atoms with Crippen molar-refractivity contribution in [3.63, 3.8) is 0 Å². The van der Waals surface area contributed by atoms with E-state index in [1.165, 1.54) is 24.3 Å². The zero-order valence-electron chi connectivity index (χ0n) is 14.7. The maximum Gasteiger partial charge on any atom is 0.253 e. The lowest BCUT2D eigenvalue weighted by Crippen LogP contribution is -2.49. The highest BCUT2D eigenvalue weighted by Crippen LogP contribution is 2.32. The summed E-state index contributed by atoms with van der Waals surface area (Å²) in [6, 6.07) is 10.7. The van der Waals surface area contributed by atoms with E-state index in [2.05, 4.69) is 0 Å². The van der Waals surface area contributed by atoms with Crippen LogP contribution in [-0.4, -0.2) is 61.0 Å². The van der Waals surface area contributed by atoms with E-state index in [4.69, 9.17) is 9.47 Å². The lowest BCUT2D eigenvalue weighted by Gasteiger charge is -2.34. The first-order valence-corrected chi connectivity index (χ1v) is 8.80. The summed E-state index contributed by atoms with van der Waals surface area (Å²) < 4.78 is 23.6. The van der Waals surface area contributed by atoms with Gasteiger partial charge in [-0.3, -0.25) is 14.5 Å². The van der Waals surface area contributed by atoms with E-state index in [1.54, 1.807) is 23.1 Å². The molecule has 0 radical (unpaired) electrons. The lowest BCUT2D eigenvalue weighted by molar-refractivity contribution is 0.0624. The number of ketones is 1. The summed E-state index contributed by atoms with van der Waals surface area (Å²) in [5.41, 5.74) is 1.06. The summed E-state index contributed by atoms with van der Waals surface area (Å²) >= 11 is 0. The molecule has 0 bridgehead atoms. The summed E-state index contributed by atoms with van der Waals surface area (Å²) in [7, 11) is 0. The van der Waals surface area contributed by atoms with Gasteiger partial charge in [-0.25, -0.2) is 4.39 Å². The Kier molecular flexibility index (Phi) is 4.77. The molecular formula is C20H19FN2O4. The Morgan fingerprint density at radius 1 is 0.889 bits per heavy atom. The number of rotatable bonds is 4. The summed E-state index contributed by atoms with van der Waals surface area (Å²) in [5, 5.41) is 0. The molecule has 2 aromatic carbocycles. The topological polar surface area (TPSA) is 59.1 Å². The average molecular weight is 370 g/mol. The minimum absolute atomic E-state index is 0.00612. The minimum Gasteiger partial charge on any atom is -0.454 e. The molecule has 0 aromatic heterocycles. The lowest BCUT2D eigenvalue weighted by atomic mass is 10.1. The van der Waals surface area contributed by atoms with Crippen molar-refractivity contribution in [1.82, 2.24) is 9.80 Å². The van der Waals surface area contributed by atoms with E-state index in [0.29, 0.717) is 48.8 Å². The van der Waals surface area contributed by atoms with Gasteiger partial charge in [-0.05, 0) is 42.5 Å². The van der Waals surface area contributed by atoms with Gasteiger partial charge in [0.1, 0.15) is 5.82 Å². The fourth-order valence-electron chi connectivity index (χ4n) is 3.25. The third kappa shape index (κ3) is 3.78. The second-order valence-electron chi connectivity index (χ2n) is 6.57. The van der Waals surface area contributed by atoms with E-state index >= 15 is 0 Å². The van der Waals surface area contributed by atoms with E-state index in [0.717, 1.165) is 0 Å². The maximum absolute atomic E-state index is 13.0. The Morgan fingerprint density at radius 2 is 1.56 bits per heavy atom. The minimum atomic E-state index is -0.363. The van der Waals surface area contributed by atoms with E-state index < -0.39 is 0 Å². The molecule has 27 heavy (non-hydrogen) atoms. The predicted octanol–water partition coefficient (Wildman–Crippen LogP) is 2.20. The van der Waals surface area contributed by atoms with Gasteiger partial charge in [-0.1, -0.05) is 0 Å². The van der Waals surface area contributed by atoms with Gasteiger partial charge in [-0.2, -0.15) is 0 Å². The molecule has 2 aliphatic rings. The summed E-state index contributed by atoms with van der Waals surface area (Å²) in [4.78, 5) is 28.7. The van der Waals surface area contributed by atoms with Gasteiger partial charge in [0.05, 0.1) is 6.54 Å². The standard InChI is InChI=1S/C20H19FN2O4/c21-16-4-1-14(2-5-16)20(25)23-9-7-22(8-10-23)12-17(24)15-3-6-18-19(11-15)27-13-26-18/h1-6,11H,7-10,12-13H2. The molecule has 2 heterocycles. The maximum atomic E-state index is 13.0. The second kappa shape index (κ2) is 7.36. The number of halogens is 1. The molecule has 2 aliphatic heterocycles. The number of amides is 1. The van der Waals surface area contributed by atoms with E-state index in [-0.39, 0.29) is 30.8 Å². The Hall–Kier alpha value is -2.93. The van der Waals surface area contributed by atoms with E-state index in [9.17, 15) is 14.0 Å². The van der Waals surface area contributed by atoms with Crippen LogP contribution in [0.4, 0.5) is 4.39 Å². The van der Waals surface area contributed by atoms with Crippen LogP contribution in [0.3, 0.4) is 0 Å². The van der Waals surface area contributed by atoms with Crippen molar-refractivity contribution in [3.05, 3.63) is 59.4 Å². The van der Waals surface area contributed by atoms with Crippen molar-refractivity contribution >= 4 is 11.7 Å². The molecule has 0 aliphatic carbocycles. The number of nitrogens with zero attached hydrogens (tertiary/aromatic N) is 2. The highest BCUT2D eigenvalue weighted by atomic mass is 19.1. The molecular weight excluding hydrogens is 351 g/mol. The van der Waals surface area contributed by atoms with Gasteiger partial charge < -0.3 is 14.4 Å². The summed E-state index contributed by atoms with van der Waals surface area (Å²) in [6.45, 7) is 2.76. The first-order valence-electron chi connectivity index (χ1n) is 8.80. The van der Waals surface area contributed by atoms with Crippen molar-refractivity contribution in [2.75, 3.05) is 39.5 Å². The van der Waals surface area contributed by atoms with Crippen molar-refractivity contribution in [1.29, 1.82) is 0 Å². The van der Waals surface area contributed by atoms with Crippen molar-refractivity contribution in [3.8, 4) is 11.5 Å². The Bertz CT molecular complexity index is 861. The van der Waals surface area contributed by atoms with Crippen LogP contribution < -0.4 is 9.47 Å². The van der Waals surface area contributed by atoms with Gasteiger partial charge in [0, 0.05) is 37.3 Å². The molecule has 7 heteroatoms. The van der Waals surface area contributed by atoms with Gasteiger partial charge in [-0.15, -0.1) is 0 Å². The SMILES string of the molecule is O=C(CN1CCN(C(=O)c2ccc(F)cc2)CC1)c1ccc2c(c1)OCO2. The average Bonchev–Trinajstić information content (AvgIpc) is 3.16. The molecule has 1 fully saturated rings. The second-order valence-corrected chi connectivity index (χ2v) is 6.57. The normalized spacial score (nSPS) is 16.4. The highest BCUT2D eigenvalue weighted by molar-refractivity contribution is 5.98. The smallest absolute Gasteiger partial charge is 0.253 e. The van der Waals surface area contributed by atoms with Crippen LogP contribution >= 0.6 is 0 Å². The first kappa shape index (κ1) is 17.5. The summed E-state index contributed by atoms with van der Waals surface area (Å²) in [6.07, 6.45) is 0. The van der Waals surface area contributed by atoms with Crippen LogP contribution in [0.1, 0.15) is 20.7 Å². The van der Waals surface area contributed by atoms with Gasteiger partial charge in [0.25, 0.3) is 5.91 Å². The molecule has 1 amide bonds. The Labute approximate surface area is 156 Å². The fraction of sp³-hybridized carbons (Fsp3) is 0.300. The Balaban J connectivity index is 1.32. The summed E-state index contributed by atoms with van der Waals surface area (Å²) in [5.74, 6) is 0.775. The molecule has 1 saturated heterocycles. The number of piperazine rings is 1. The van der Waals surface area contributed by atoms with E-state index in [1.807, 2.05) is 4.90 Å². The quantitative estimate of drug-likeness (QED) is 0.773. The largest absolute Gasteiger partial charge is 0.454 e. The van der Waals surface area contributed by atoms with Gasteiger partial charge in [0.2, 0.25) is 6.79 Å². The van der Waals surface area contributed by atoms with Crippen LogP contribution in [-0.2, 0) is 0 Å². The highest BCUT2D eigenvalue weighted by Gasteiger charge is 2.24. The van der Waals surface area contributed by atoms with Crippen molar-refractivity contribution in [2.45, 2.75) is 0 Å². The van der Waals surface area contributed by atoms with Gasteiger partial charge in [0.15, 0.2) is 17.3 Å². The molecule has 4 rings (SSSR count). The fourth-order valence-corrected chi connectivity index (χ4v) is 3.25. The number of fused-ring (bicyclic) bond motifs is 1. The number of hydrogen-bond donors (Lipinski definition) is 0. The third-order valence-electron chi connectivity index (χ3n) is 4.81. The number of hydrogen-bond acceptors (Lipinski definition) is 5. The van der Waals surface area contributed by atoms with Crippen molar-refractivity contribution in [2.24, 2.45) is 0 Å². The molecule has 0 N–H and O–H groups in total. The zero-order valence-corrected chi connectivity index (χ0v) is 14.7. The molecule has 0 unspecified atom stereocenters. The molecule has 0 saturated carbocycles. The zero-order chi connectivity index (χ0) is 18.8.